The van der Waals surface area contributed by atoms with Gasteiger partial charge >= 0.3 is 0 Å². The number of allylic oxidation sites excluding steroid dienone is 1. The van der Waals surface area contributed by atoms with Crippen molar-refractivity contribution in [3.63, 3.8) is 0 Å². The zero-order valence-corrected chi connectivity index (χ0v) is 18.0. The molecule has 7 nitrogen and oxygen atoms in total. The standard InChI is InChI=1S/C20H21ClN2O5S/c1-12-15-9-17(27-3)18(28-4)10-16(15)23(2)29(25,26)19(12)20(24)22-11-13-5-7-14(21)8-6-13/h5-10H,11H2,1-4H3,(H,22,24). The van der Waals surface area contributed by atoms with Crippen molar-refractivity contribution in [3.05, 3.63) is 57.5 Å². The molecule has 0 bridgehead atoms. The molecule has 29 heavy (non-hydrogen) atoms. The molecule has 1 N–H and O–H groups in total. The lowest BCUT2D eigenvalue weighted by molar-refractivity contribution is -0.117. The number of nitrogens with zero attached hydrogens (tertiary/aromatic N) is 1. The fraction of sp³-hybridized carbons (Fsp3) is 0.250. The second kappa shape index (κ2) is 7.96. The summed E-state index contributed by atoms with van der Waals surface area (Å²) in [5.41, 5.74) is 2.13. The summed E-state index contributed by atoms with van der Waals surface area (Å²) in [4.78, 5) is 12.5. The Hall–Kier alpha value is -2.71. The molecule has 0 aliphatic carbocycles. The Bertz CT molecular complexity index is 1090. The topological polar surface area (TPSA) is 84.9 Å². The van der Waals surface area contributed by atoms with Crippen LogP contribution in [0.15, 0.2) is 41.3 Å². The van der Waals surface area contributed by atoms with Crippen molar-refractivity contribution in [3.8, 4) is 11.5 Å². The number of rotatable bonds is 5. The van der Waals surface area contributed by atoms with E-state index in [0.717, 1.165) is 9.87 Å². The quantitative estimate of drug-likeness (QED) is 0.778. The molecule has 3 rings (SSSR count). The van der Waals surface area contributed by atoms with Crippen LogP contribution in [0.3, 0.4) is 0 Å². The number of benzene rings is 2. The fourth-order valence-corrected chi connectivity index (χ4v) is 4.78. The molecule has 0 spiro atoms. The molecule has 0 fully saturated rings. The predicted molar refractivity (Wildman–Crippen MR) is 113 cm³/mol. The lowest BCUT2D eigenvalue weighted by atomic mass is 10.0. The third-order valence-electron chi connectivity index (χ3n) is 4.78. The first kappa shape index (κ1) is 21.0. The summed E-state index contributed by atoms with van der Waals surface area (Å²) in [6, 6.07) is 10.2. The Morgan fingerprint density at radius 2 is 1.69 bits per heavy atom. The van der Waals surface area contributed by atoms with E-state index in [9.17, 15) is 13.2 Å². The number of ether oxygens (including phenoxy) is 2. The van der Waals surface area contributed by atoms with Gasteiger partial charge in [0.25, 0.3) is 15.9 Å². The first-order chi connectivity index (χ1) is 13.7. The lowest BCUT2D eigenvalue weighted by Crippen LogP contribution is -2.38. The van der Waals surface area contributed by atoms with Crippen LogP contribution >= 0.6 is 11.6 Å². The van der Waals surface area contributed by atoms with Crippen LogP contribution in [0.5, 0.6) is 11.5 Å². The van der Waals surface area contributed by atoms with E-state index in [1.807, 2.05) is 0 Å². The van der Waals surface area contributed by atoms with Crippen molar-refractivity contribution in [2.75, 3.05) is 25.6 Å². The zero-order chi connectivity index (χ0) is 21.3. The molecule has 1 amide bonds. The maximum Gasteiger partial charge on any atom is 0.269 e. The van der Waals surface area contributed by atoms with E-state index < -0.39 is 15.9 Å². The molecule has 0 atom stereocenters. The molecule has 1 aliphatic rings. The van der Waals surface area contributed by atoms with Gasteiger partial charge in [0.2, 0.25) is 0 Å². The van der Waals surface area contributed by atoms with Gasteiger partial charge in [0.1, 0.15) is 0 Å². The van der Waals surface area contributed by atoms with Crippen LogP contribution in [-0.4, -0.2) is 35.6 Å². The van der Waals surface area contributed by atoms with Gasteiger partial charge in [-0.2, -0.15) is 0 Å². The van der Waals surface area contributed by atoms with Crippen LogP contribution < -0.4 is 19.1 Å². The molecule has 0 unspecified atom stereocenters. The van der Waals surface area contributed by atoms with Crippen molar-refractivity contribution >= 4 is 38.8 Å². The minimum absolute atomic E-state index is 0.171. The number of sulfonamides is 1. The predicted octanol–water partition coefficient (Wildman–Crippen LogP) is 3.18. The smallest absolute Gasteiger partial charge is 0.269 e. The monoisotopic (exact) mass is 436 g/mol. The Kier molecular flexibility index (Phi) is 5.77. The summed E-state index contributed by atoms with van der Waals surface area (Å²) in [5, 5.41) is 3.25. The summed E-state index contributed by atoms with van der Waals surface area (Å²) < 4.78 is 37.8. The third-order valence-corrected chi connectivity index (χ3v) is 6.95. The van der Waals surface area contributed by atoms with Gasteiger partial charge in [-0.25, -0.2) is 8.42 Å². The highest BCUT2D eigenvalue weighted by Gasteiger charge is 2.38. The normalized spacial score (nSPS) is 15.0. The average Bonchev–Trinajstić information content (AvgIpc) is 2.70. The van der Waals surface area contributed by atoms with E-state index in [1.165, 1.54) is 21.3 Å². The number of halogens is 1. The third kappa shape index (κ3) is 3.77. The summed E-state index contributed by atoms with van der Waals surface area (Å²) in [7, 11) is 0.330. The molecule has 2 aromatic rings. The number of hydrogen-bond donors (Lipinski definition) is 1. The maximum absolute atomic E-state index is 13.1. The maximum atomic E-state index is 13.1. The highest BCUT2D eigenvalue weighted by atomic mass is 35.5. The number of methoxy groups -OCH3 is 2. The number of nitrogens with one attached hydrogen (secondary N) is 1. The van der Waals surface area contributed by atoms with Crippen molar-refractivity contribution in [1.29, 1.82) is 0 Å². The van der Waals surface area contributed by atoms with Gasteiger partial charge in [-0.05, 0) is 36.3 Å². The van der Waals surface area contributed by atoms with Crippen molar-refractivity contribution in [1.82, 2.24) is 5.32 Å². The summed E-state index contributed by atoms with van der Waals surface area (Å²) in [6.45, 7) is 1.78. The largest absolute Gasteiger partial charge is 0.493 e. The molecular weight excluding hydrogens is 416 g/mol. The Morgan fingerprint density at radius 3 is 2.28 bits per heavy atom. The Morgan fingerprint density at radius 1 is 1.10 bits per heavy atom. The van der Waals surface area contributed by atoms with Gasteiger partial charge in [0, 0.05) is 30.2 Å². The number of hydrogen-bond acceptors (Lipinski definition) is 5. The molecule has 1 aliphatic heterocycles. The van der Waals surface area contributed by atoms with Crippen LogP contribution in [-0.2, 0) is 21.4 Å². The number of anilines is 1. The van der Waals surface area contributed by atoms with Gasteiger partial charge in [-0.1, -0.05) is 23.7 Å². The van der Waals surface area contributed by atoms with Crippen molar-refractivity contribution in [2.45, 2.75) is 13.5 Å². The number of fused-ring (bicyclic) bond motifs is 1. The van der Waals surface area contributed by atoms with E-state index in [1.54, 1.807) is 43.3 Å². The van der Waals surface area contributed by atoms with Gasteiger partial charge in [-0.3, -0.25) is 9.10 Å². The molecule has 0 radical (unpaired) electrons. The second-order valence-electron chi connectivity index (χ2n) is 6.46. The Labute approximate surface area is 174 Å². The molecule has 0 aromatic heterocycles. The van der Waals surface area contributed by atoms with E-state index in [2.05, 4.69) is 5.32 Å². The van der Waals surface area contributed by atoms with Crippen LogP contribution in [0.25, 0.3) is 5.57 Å². The van der Waals surface area contributed by atoms with E-state index in [4.69, 9.17) is 21.1 Å². The lowest BCUT2D eigenvalue weighted by Gasteiger charge is -2.30. The van der Waals surface area contributed by atoms with Crippen LogP contribution in [0, 0.1) is 0 Å². The second-order valence-corrected chi connectivity index (χ2v) is 8.80. The van der Waals surface area contributed by atoms with E-state index in [-0.39, 0.29) is 11.4 Å². The van der Waals surface area contributed by atoms with Gasteiger partial charge < -0.3 is 14.8 Å². The average molecular weight is 437 g/mol. The highest BCUT2D eigenvalue weighted by Crippen LogP contribution is 2.44. The van der Waals surface area contributed by atoms with Crippen LogP contribution in [0.1, 0.15) is 18.1 Å². The molecular formula is C20H21ClN2O5S. The number of carbonyl (C=O) groups excluding carboxylic acids is 1. The van der Waals surface area contributed by atoms with E-state index >= 15 is 0 Å². The molecule has 1 heterocycles. The molecule has 154 valence electrons. The Balaban J connectivity index is 2.02. The van der Waals surface area contributed by atoms with Gasteiger partial charge in [0.05, 0.1) is 19.9 Å². The van der Waals surface area contributed by atoms with Crippen molar-refractivity contribution in [2.24, 2.45) is 0 Å². The van der Waals surface area contributed by atoms with Crippen LogP contribution in [0.2, 0.25) is 5.02 Å². The molecule has 0 saturated carbocycles. The molecule has 9 heteroatoms. The van der Waals surface area contributed by atoms with Gasteiger partial charge in [-0.15, -0.1) is 0 Å². The van der Waals surface area contributed by atoms with E-state index in [0.29, 0.717) is 33.3 Å². The minimum atomic E-state index is -4.04. The number of carbonyl (C=O) groups is 1. The highest BCUT2D eigenvalue weighted by molar-refractivity contribution is 7.97. The minimum Gasteiger partial charge on any atom is -0.493 e. The SMILES string of the molecule is COc1cc2c(cc1OC)N(C)S(=O)(=O)C(C(=O)NCc1ccc(Cl)cc1)=C2C. The van der Waals surface area contributed by atoms with Gasteiger partial charge in [0.15, 0.2) is 16.4 Å². The summed E-state index contributed by atoms with van der Waals surface area (Å²) in [5.74, 6) is 0.167. The van der Waals surface area contributed by atoms with Crippen LogP contribution in [0.4, 0.5) is 5.69 Å². The first-order valence-electron chi connectivity index (χ1n) is 8.69. The summed E-state index contributed by atoms with van der Waals surface area (Å²) >= 11 is 5.86. The molecule has 0 saturated heterocycles. The number of amides is 1. The fourth-order valence-electron chi connectivity index (χ4n) is 3.16. The first-order valence-corrected chi connectivity index (χ1v) is 10.5. The molecule has 2 aromatic carbocycles. The summed E-state index contributed by atoms with van der Waals surface area (Å²) in [6.07, 6.45) is 0. The van der Waals surface area contributed by atoms with Crippen molar-refractivity contribution < 1.29 is 22.7 Å². The zero-order valence-electron chi connectivity index (χ0n) is 16.4.